The Morgan fingerprint density at radius 2 is 1.73 bits per heavy atom. The van der Waals surface area contributed by atoms with E-state index in [1.165, 1.54) is 61.6 Å². The molecular weight excluding hydrogens is 458 g/mol. The number of benzene rings is 1. The molecule has 4 saturated carbocycles. The van der Waals surface area contributed by atoms with Crippen molar-refractivity contribution in [3.05, 3.63) is 41.0 Å². The Labute approximate surface area is 224 Å². The van der Waals surface area contributed by atoms with Crippen molar-refractivity contribution in [1.29, 1.82) is 0 Å². The molecule has 0 spiro atoms. The Morgan fingerprint density at radius 3 is 2.46 bits per heavy atom. The van der Waals surface area contributed by atoms with Gasteiger partial charge in [-0.3, -0.25) is 9.69 Å². The van der Waals surface area contributed by atoms with Crippen LogP contribution in [0, 0.1) is 41.4 Å². The van der Waals surface area contributed by atoms with Crippen molar-refractivity contribution in [3.8, 4) is 0 Å². The van der Waals surface area contributed by atoms with E-state index in [1.54, 1.807) is 6.92 Å². The molecular formula is C33H47NO3. The second-order valence-electron chi connectivity index (χ2n) is 13.6. The maximum Gasteiger partial charge on any atom is 0.303 e. The van der Waals surface area contributed by atoms with Gasteiger partial charge in [-0.15, -0.1) is 0 Å². The molecule has 8 atom stereocenters. The second-order valence-corrected chi connectivity index (χ2v) is 13.6. The number of ether oxygens (including phenoxy) is 2. The van der Waals surface area contributed by atoms with Crippen LogP contribution >= 0.6 is 0 Å². The van der Waals surface area contributed by atoms with Gasteiger partial charge in [0.05, 0.1) is 13.2 Å². The first-order valence-corrected chi connectivity index (χ1v) is 15.0. The Morgan fingerprint density at radius 1 is 1.00 bits per heavy atom. The number of esters is 1. The maximum absolute atomic E-state index is 12.3. The number of aryl methyl sites for hydroxylation is 1. The Balaban J connectivity index is 1.25. The van der Waals surface area contributed by atoms with Crippen LogP contribution in [0.5, 0.6) is 0 Å². The largest absolute Gasteiger partial charge is 0.457 e. The molecule has 0 aromatic heterocycles. The van der Waals surface area contributed by atoms with E-state index in [-0.39, 0.29) is 17.5 Å². The fourth-order valence-electron chi connectivity index (χ4n) is 9.74. The number of carbonyl (C=O) groups is 1. The summed E-state index contributed by atoms with van der Waals surface area (Å²) < 4.78 is 11.8. The zero-order valence-corrected chi connectivity index (χ0v) is 23.5. The smallest absolute Gasteiger partial charge is 0.303 e. The third kappa shape index (κ3) is 4.50. The second kappa shape index (κ2) is 9.83. The first kappa shape index (κ1) is 25.6. The van der Waals surface area contributed by atoms with Gasteiger partial charge in [-0.1, -0.05) is 49.8 Å². The SMILES string of the molecule is CC(=O)O[C@H]1/C(=C/c2ccc(C)cc2)C[C@H]2[C@@H]3CC[C@H]4C[C@@H](N5CCOCC5)CC[C@]4(C)[C@H]3CC[C@]12C. The van der Waals surface area contributed by atoms with Crippen LogP contribution in [0.15, 0.2) is 29.8 Å². The molecule has 6 rings (SSSR count). The van der Waals surface area contributed by atoms with Gasteiger partial charge in [0.2, 0.25) is 0 Å². The average Bonchev–Trinajstić information content (AvgIpc) is 3.16. The van der Waals surface area contributed by atoms with Gasteiger partial charge in [-0.25, -0.2) is 0 Å². The predicted molar refractivity (Wildman–Crippen MR) is 148 cm³/mol. The van der Waals surface area contributed by atoms with Gasteiger partial charge in [0.25, 0.3) is 0 Å². The van der Waals surface area contributed by atoms with Crippen LogP contribution in [0.2, 0.25) is 0 Å². The minimum Gasteiger partial charge on any atom is -0.457 e. The number of hydrogen-bond acceptors (Lipinski definition) is 4. The first-order chi connectivity index (χ1) is 17.8. The van der Waals surface area contributed by atoms with Crippen molar-refractivity contribution in [2.75, 3.05) is 26.3 Å². The van der Waals surface area contributed by atoms with Gasteiger partial charge < -0.3 is 9.47 Å². The average molecular weight is 506 g/mol. The molecule has 202 valence electrons. The molecule has 4 aliphatic carbocycles. The number of fused-ring (bicyclic) bond motifs is 5. The minimum absolute atomic E-state index is 0.0531. The van der Waals surface area contributed by atoms with E-state index in [0.29, 0.717) is 11.3 Å². The summed E-state index contributed by atoms with van der Waals surface area (Å²) in [5.74, 6) is 2.89. The molecule has 4 heteroatoms. The molecule has 0 amide bonds. The summed E-state index contributed by atoms with van der Waals surface area (Å²) in [5.41, 5.74) is 4.37. The van der Waals surface area contributed by atoms with Crippen molar-refractivity contribution < 1.29 is 14.3 Å². The zero-order chi connectivity index (χ0) is 25.8. The lowest BCUT2D eigenvalue weighted by molar-refractivity contribution is -0.160. The summed E-state index contributed by atoms with van der Waals surface area (Å²) in [6.45, 7) is 12.9. The number of hydrogen-bond donors (Lipinski definition) is 0. The molecule has 37 heavy (non-hydrogen) atoms. The quantitative estimate of drug-likeness (QED) is 0.431. The molecule has 0 radical (unpaired) electrons. The van der Waals surface area contributed by atoms with E-state index in [9.17, 15) is 4.79 Å². The van der Waals surface area contributed by atoms with E-state index in [0.717, 1.165) is 56.5 Å². The molecule has 5 aliphatic rings. The van der Waals surface area contributed by atoms with Crippen LogP contribution in [-0.2, 0) is 14.3 Å². The third-order valence-corrected chi connectivity index (χ3v) is 11.7. The standard InChI is InChI=1S/C33H47NO3/c1-22-5-7-24(8-6-22)19-25-20-30-28-10-9-26-21-27(34-15-17-36-18-16-34)11-13-32(26,3)29(28)12-14-33(30,4)31(25)37-23(2)35/h5-8,19,26-31H,9-18,20-21H2,1-4H3/b25-19+/t26-,27-,28+,29-,30-,31-,32-,33-/m0/s1. The fourth-order valence-corrected chi connectivity index (χ4v) is 9.74. The van der Waals surface area contributed by atoms with Crippen LogP contribution in [0.1, 0.15) is 83.3 Å². The Kier molecular flexibility index (Phi) is 6.80. The Bertz CT molecular complexity index is 1030. The van der Waals surface area contributed by atoms with Gasteiger partial charge in [0.1, 0.15) is 6.10 Å². The monoisotopic (exact) mass is 505 g/mol. The van der Waals surface area contributed by atoms with Crippen LogP contribution in [-0.4, -0.2) is 49.3 Å². The number of rotatable bonds is 3. The van der Waals surface area contributed by atoms with Gasteiger partial charge in [-0.2, -0.15) is 0 Å². The third-order valence-electron chi connectivity index (χ3n) is 11.7. The van der Waals surface area contributed by atoms with Crippen LogP contribution < -0.4 is 0 Å². The summed E-state index contributed by atoms with van der Waals surface area (Å²) in [6, 6.07) is 9.54. The summed E-state index contributed by atoms with van der Waals surface area (Å²) in [5, 5.41) is 0. The number of nitrogens with zero attached hydrogens (tertiary/aromatic N) is 1. The number of morpholine rings is 1. The first-order valence-electron chi connectivity index (χ1n) is 15.0. The van der Waals surface area contributed by atoms with Crippen molar-refractivity contribution in [2.45, 2.75) is 91.2 Å². The van der Waals surface area contributed by atoms with Crippen molar-refractivity contribution in [1.82, 2.24) is 4.90 Å². The van der Waals surface area contributed by atoms with Gasteiger partial charge >= 0.3 is 5.97 Å². The van der Waals surface area contributed by atoms with Crippen molar-refractivity contribution in [3.63, 3.8) is 0 Å². The lowest BCUT2D eigenvalue weighted by Crippen LogP contribution is -2.56. The summed E-state index contributed by atoms with van der Waals surface area (Å²) in [4.78, 5) is 15.0. The van der Waals surface area contributed by atoms with Crippen molar-refractivity contribution >= 4 is 12.0 Å². The Hall–Kier alpha value is -1.65. The summed E-state index contributed by atoms with van der Waals surface area (Å²) >= 11 is 0. The summed E-state index contributed by atoms with van der Waals surface area (Å²) in [7, 11) is 0. The van der Waals surface area contributed by atoms with Gasteiger partial charge in [0.15, 0.2) is 0 Å². The highest BCUT2D eigenvalue weighted by atomic mass is 16.5. The van der Waals surface area contributed by atoms with E-state index in [4.69, 9.17) is 9.47 Å². The van der Waals surface area contributed by atoms with Crippen LogP contribution in [0.3, 0.4) is 0 Å². The van der Waals surface area contributed by atoms with Crippen molar-refractivity contribution in [2.24, 2.45) is 34.5 Å². The summed E-state index contributed by atoms with van der Waals surface area (Å²) in [6.07, 6.45) is 12.7. The zero-order valence-electron chi connectivity index (χ0n) is 23.5. The van der Waals surface area contributed by atoms with E-state index >= 15 is 0 Å². The van der Waals surface area contributed by atoms with E-state index < -0.39 is 0 Å². The highest BCUT2D eigenvalue weighted by molar-refractivity contribution is 5.67. The van der Waals surface area contributed by atoms with Crippen LogP contribution in [0.4, 0.5) is 0 Å². The fraction of sp³-hybridized carbons (Fsp3) is 0.727. The molecule has 0 bridgehead atoms. The predicted octanol–water partition coefficient (Wildman–Crippen LogP) is 6.66. The van der Waals surface area contributed by atoms with E-state index in [2.05, 4.69) is 56.0 Å². The molecule has 5 fully saturated rings. The molecule has 0 unspecified atom stereocenters. The molecule has 0 N–H and O–H groups in total. The van der Waals surface area contributed by atoms with Gasteiger partial charge in [-0.05, 0) is 98.5 Å². The topological polar surface area (TPSA) is 38.8 Å². The molecule has 1 aromatic carbocycles. The highest BCUT2D eigenvalue weighted by Crippen LogP contribution is 2.67. The normalized spacial score (nSPS) is 43.1. The molecule has 4 nitrogen and oxygen atoms in total. The lowest BCUT2D eigenvalue weighted by Gasteiger charge is -2.61. The lowest BCUT2D eigenvalue weighted by atomic mass is 9.45. The maximum atomic E-state index is 12.3. The van der Waals surface area contributed by atoms with Crippen LogP contribution in [0.25, 0.3) is 6.08 Å². The minimum atomic E-state index is -0.138. The van der Waals surface area contributed by atoms with Gasteiger partial charge in [0, 0.05) is 31.5 Å². The molecule has 1 aromatic rings. The molecule has 1 saturated heterocycles. The highest BCUT2D eigenvalue weighted by Gasteiger charge is 2.62. The molecule has 1 aliphatic heterocycles. The van der Waals surface area contributed by atoms with E-state index in [1.807, 2.05) is 0 Å². The molecule has 1 heterocycles. The number of carbonyl (C=O) groups excluding carboxylic acids is 1.